The zero-order chi connectivity index (χ0) is 11.6. The predicted octanol–water partition coefficient (Wildman–Crippen LogP) is 3.63. The highest BCUT2D eigenvalue weighted by molar-refractivity contribution is 9.10. The largest absolute Gasteiger partial charge is 0.316 e. The van der Waals surface area contributed by atoms with Gasteiger partial charge in [0, 0.05) is 17.6 Å². The molecule has 2 heteroatoms. The zero-order valence-electron chi connectivity index (χ0n) is 10.1. The van der Waals surface area contributed by atoms with E-state index in [9.17, 15) is 0 Å². The van der Waals surface area contributed by atoms with Crippen molar-refractivity contribution in [3.63, 3.8) is 0 Å². The lowest BCUT2D eigenvalue weighted by Gasteiger charge is -2.44. The summed E-state index contributed by atoms with van der Waals surface area (Å²) in [6.45, 7) is 6.99. The van der Waals surface area contributed by atoms with E-state index in [-0.39, 0.29) is 0 Å². The molecule has 2 rings (SSSR count). The van der Waals surface area contributed by atoms with E-state index in [1.807, 2.05) is 0 Å². The third-order valence-corrected chi connectivity index (χ3v) is 4.14. The van der Waals surface area contributed by atoms with Crippen LogP contribution in [-0.2, 0) is 6.42 Å². The first kappa shape index (κ1) is 12.1. The average molecular weight is 282 g/mol. The van der Waals surface area contributed by atoms with Gasteiger partial charge in [0.05, 0.1) is 0 Å². The van der Waals surface area contributed by atoms with Gasteiger partial charge in [-0.2, -0.15) is 0 Å². The molecule has 0 unspecified atom stereocenters. The molecule has 1 fully saturated rings. The molecule has 16 heavy (non-hydrogen) atoms. The van der Waals surface area contributed by atoms with Gasteiger partial charge in [-0.1, -0.05) is 48.0 Å². The van der Waals surface area contributed by atoms with Gasteiger partial charge in [-0.3, -0.25) is 0 Å². The summed E-state index contributed by atoms with van der Waals surface area (Å²) < 4.78 is 1.25. The Labute approximate surface area is 107 Å². The molecular weight excluding hydrogens is 262 g/mol. The van der Waals surface area contributed by atoms with E-state index in [0.29, 0.717) is 5.41 Å². The van der Waals surface area contributed by atoms with Crippen molar-refractivity contribution in [1.29, 1.82) is 0 Å². The molecule has 0 radical (unpaired) electrons. The minimum Gasteiger partial charge on any atom is -0.316 e. The van der Waals surface area contributed by atoms with Gasteiger partial charge in [0.1, 0.15) is 0 Å². The van der Waals surface area contributed by atoms with Crippen molar-refractivity contribution in [2.45, 2.75) is 26.7 Å². The van der Waals surface area contributed by atoms with Crippen LogP contribution in [0.25, 0.3) is 0 Å². The molecule has 1 N–H and O–H groups in total. The maximum absolute atomic E-state index is 3.65. The summed E-state index contributed by atoms with van der Waals surface area (Å²) in [5.41, 5.74) is 1.95. The molecule has 0 bridgehead atoms. The summed E-state index contributed by atoms with van der Waals surface area (Å²) in [6, 6.07) is 8.60. The lowest BCUT2D eigenvalue weighted by molar-refractivity contribution is 0.131. The summed E-state index contributed by atoms with van der Waals surface area (Å²) in [5.74, 6) is 0.782. The van der Waals surface area contributed by atoms with E-state index in [2.05, 4.69) is 59.4 Å². The molecule has 1 saturated heterocycles. The molecule has 0 amide bonds. The molecule has 0 aromatic heterocycles. The van der Waals surface area contributed by atoms with Gasteiger partial charge in [-0.25, -0.2) is 0 Å². The molecule has 88 valence electrons. The van der Waals surface area contributed by atoms with Gasteiger partial charge < -0.3 is 5.32 Å². The van der Waals surface area contributed by atoms with Crippen LogP contribution in [-0.4, -0.2) is 13.1 Å². The molecule has 1 aromatic carbocycles. The molecular formula is C14H20BrN. The minimum atomic E-state index is 0.498. The summed E-state index contributed by atoms with van der Waals surface area (Å²) in [6.07, 6.45) is 2.51. The van der Waals surface area contributed by atoms with E-state index in [4.69, 9.17) is 0 Å². The SMILES string of the molecule is CC(C)CC1(Cc2ccccc2Br)CNC1. The van der Waals surface area contributed by atoms with Gasteiger partial charge in [0.2, 0.25) is 0 Å². The Morgan fingerprint density at radius 3 is 2.50 bits per heavy atom. The minimum absolute atomic E-state index is 0.498. The molecule has 1 aliphatic rings. The normalized spacial score (nSPS) is 18.5. The third kappa shape index (κ3) is 2.67. The summed E-state index contributed by atoms with van der Waals surface area (Å²) in [7, 11) is 0. The lowest BCUT2D eigenvalue weighted by Crippen LogP contribution is -2.55. The van der Waals surface area contributed by atoms with Crippen LogP contribution >= 0.6 is 15.9 Å². The van der Waals surface area contributed by atoms with E-state index in [1.54, 1.807) is 0 Å². The van der Waals surface area contributed by atoms with Crippen LogP contribution in [0.15, 0.2) is 28.7 Å². The van der Waals surface area contributed by atoms with Crippen LogP contribution in [0.3, 0.4) is 0 Å². The fraction of sp³-hybridized carbons (Fsp3) is 0.571. The highest BCUT2D eigenvalue weighted by Crippen LogP contribution is 2.36. The van der Waals surface area contributed by atoms with E-state index >= 15 is 0 Å². The molecule has 0 atom stereocenters. The highest BCUT2D eigenvalue weighted by atomic mass is 79.9. The van der Waals surface area contributed by atoms with Crippen LogP contribution in [0.4, 0.5) is 0 Å². The van der Waals surface area contributed by atoms with Crippen LogP contribution in [0.1, 0.15) is 25.8 Å². The summed E-state index contributed by atoms with van der Waals surface area (Å²) in [5, 5.41) is 3.43. The molecule has 0 saturated carbocycles. The van der Waals surface area contributed by atoms with Crippen molar-refractivity contribution in [1.82, 2.24) is 5.32 Å². The Kier molecular flexibility index (Phi) is 3.70. The first-order chi connectivity index (χ1) is 7.61. The van der Waals surface area contributed by atoms with Crippen molar-refractivity contribution in [3.8, 4) is 0 Å². The standard InChI is InChI=1S/C14H20BrN/c1-11(2)7-14(9-16-10-14)8-12-5-3-4-6-13(12)15/h3-6,11,16H,7-10H2,1-2H3. The van der Waals surface area contributed by atoms with Gasteiger partial charge in [0.15, 0.2) is 0 Å². The maximum atomic E-state index is 3.65. The monoisotopic (exact) mass is 281 g/mol. The molecule has 1 aliphatic heterocycles. The molecule has 0 spiro atoms. The molecule has 1 nitrogen and oxygen atoms in total. The Morgan fingerprint density at radius 2 is 2.00 bits per heavy atom. The highest BCUT2D eigenvalue weighted by Gasteiger charge is 2.37. The second kappa shape index (κ2) is 4.89. The van der Waals surface area contributed by atoms with Gasteiger partial charge in [0.25, 0.3) is 0 Å². The predicted molar refractivity (Wildman–Crippen MR) is 72.6 cm³/mol. The van der Waals surface area contributed by atoms with Crippen LogP contribution < -0.4 is 5.32 Å². The number of hydrogen-bond donors (Lipinski definition) is 1. The number of benzene rings is 1. The van der Waals surface area contributed by atoms with E-state index < -0.39 is 0 Å². The number of halogens is 1. The zero-order valence-corrected chi connectivity index (χ0v) is 11.7. The first-order valence-corrected chi connectivity index (χ1v) is 6.85. The Hall–Kier alpha value is -0.340. The van der Waals surface area contributed by atoms with E-state index in [0.717, 1.165) is 5.92 Å². The first-order valence-electron chi connectivity index (χ1n) is 6.05. The summed E-state index contributed by atoms with van der Waals surface area (Å²) in [4.78, 5) is 0. The fourth-order valence-electron chi connectivity index (χ4n) is 2.73. The Bertz CT molecular complexity index is 356. The Balaban J connectivity index is 2.10. The molecule has 0 aliphatic carbocycles. The number of nitrogens with one attached hydrogen (secondary N) is 1. The quantitative estimate of drug-likeness (QED) is 0.889. The second-order valence-corrected chi connectivity index (χ2v) is 6.32. The fourth-order valence-corrected chi connectivity index (χ4v) is 3.16. The lowest BCUT2D eigenvalue weighted by atomic mass is 9.71. The third-order valence-electron chi connectivity index (χ3n) is 3.36. The number of hydrogen-bond acceptors (Lipinski definition) is 1. The van der Waals surface area contributed by atoms with Gasteiger partial charge in [-0.15, -0.1) is 0 Å². The van der Waals surface area contributed by atoms with Crippen molar-refractivity contribution in [2.24, 2.45) is 11.3 Å². The van der Waals surface area contributed by atoms with Crippen molar-refractivity contribution < 1.29 is 0 Å². The smallest absolute Gasteiger partial charge is 0.0207 e. The van der Waals surface area contributed by atoms with Crippen LogP contribution in [0.2, 0.25) is 0 Å². The van der Waals surface area contributed by atoms with Gasteiger partial charge in [-0.05, 0) is 35.8 Å². The van der Waals surface area contributed by atoms with Crippen LogP contribution in [0, 0.1) is 11.3 Å². The second-order valence-electron chi connectivity index (χ2n) is 5.47. The maximum Gasteiger partial charge on any atom is 0.0207 e. The topological polar surface area (TPSA) is 12.0 Å². The molecule has 1 aromatic rings. The molecule has 1 heterocycles. The van der Waals surface area contributed by atoms with Crippen molar-refractivity contribution in [2.75, 3.05) is 13.1 Å². The number of rotatable bonds is 4. The van der Waals surface area contributed by atoms with Crippen molar-refractivity contribution >= 4 is 15.9 Å². The van der Waals surface area contributed by atoms with E-state index in [1.165, 1.54) is 36.0 Å². The van der Waals surface area contributed by atoms with Crippen LogP contribution in [0.5, 0.6) is 0 Å². The van der Waals surface area contributed by atoms with Gasteiger partial charge >= 0.3 is 0 Å². The Morgan fingerprint density at radius 1 is 1.31 bits per heavy atom. The summed E-state index contributed by atoms with van der Waals surface area (Å²) >= 11 is 3.65. The van der Waals surface area contributed by atoms with Crippen molar-refractivity contribution in [3.05, 3.63) is 34.3 Å². The average Bonchev–Trinajstić information content (AvgIpc) is 2.17.